The number of aliphatic hydroxyl groups is 1. The number of hydrogen-bond acceptors (Lipinski definition) is 6. The first-order chi connectivity index (χ1) is 28.3. The van der Waals surface area contributed by atoms with Crippen LogP contribution in [0.1, 0.15) is 174 Å². The van der Waals surface area contributed by atoms with E-state index in [2.05, 4.69) is 110 Å². The van der Waals surface area contributed by atoms with Crippen LogP contribution in [-0.2, 0) is 23.9 Å². The van der Waals surface area contributed by atoms with Gasteiger partial charge in [0.05, 0.1) is 13.2 Å². The van der Waals surface area contributed by atoms with Crippen LogP contribution in [0.3, 0.4) is 0 Å². The van der Waals surface area contributed by atoms with Gasteiger partial charge < -0.3 is 25.6 Å². The van der Waals surface area contributed by atoms with Crippen molar-refractivity contribution >= 4 is 23.8 Å². The second-order valence-electron chi connectivity index (χ2n) is 14.7. The van der Waals surface area contributed by atoms with E-state index in [1.807, 2.05) is 0 Å². The Labute approximate surface area is 352 Å². The number of allylic oxidation sites excluding steroid dienone is 14. The minimum Gasteiger partial charge on any atom is -0.480 e. The number of aliphatic carboxylic acids is 1. The van der Waals surface area contributed by atoms with Crippen molar-refractivity contribution < 1.29 is 34.1 Å². The van der Waals surface area contributed by atoms with Crippen LogP contribution in [0.4, 0.5) is 0 Å². The number of ether oxygens (including phenoxy) is 1. The first kappa shape index (κ1) is 54.0. The summed E-state index contributed by atoms with van der Waals surface area (Å²) in [7, 11) is 0. The summed E-state index contributed by atoms with van der Waals surface area (Å²) in [5.41, 5.74) is 0. The number of esters is 1. The van der Waals surface area contributed by atoms with Crippen LogP contribution in [-0.4, -0.2) is 59.3 Å². The normalized spacial score (nSPS) is 13.3. The van der Waals surface area contributed by atoms with E-state index in [1.54, 1.807) is 0 Å². The molecule has 0 aromatic carbocycles. The Morgan fingerprint density at radius 1 is 0.517 bits per heavy atom. The van der Waals surface area contributed by atoms with Crippen molar-refractivity contribution in [2.24, 2.45) is 0 Å². The lowest BCUT2D eigenvalue weighted by molar-refractivity contribution is -0.150. The van der Waals surface area contributed by atoms with Crippen molar-refractivity contribution in [2.75, 3.05) is 13.2 Å². The molecular formula is C49H80N2O7. The molecule has 0 bridgehead atoms. The first-order valence-electron chi connectivity index (χ1n) is 22.5. The van der Waals surface area contributed by atoms with Gasteiger partial charge in [-0.3, -0.25) is 14.4 Å². The van der Waals surface area contributed by atoms with E-state index >= 15 is 0 Å². The van der Waals surface area contributed by atoms with Gasteiger partial charge in [0.25, 0.3) is 0 Å². The maximum absolute atomic E-state index is 12.8. The fourth-order valence-electron chi connectivity index (χ4n) is 6.01. The Balaban J connectivity index is 4.47. The largest absolute Gasteiger partial charge is 0.480 e. The zero-order valence-electron chi connectivity index (χ0n) is 36.3. The SMILES string of the molecule is CC/C=C\C/C=C\C/C=C\C/C=C\CCCCC(CCCCCCCC(=O)NCC(=O)NC(CO)C(=O)O)OC(=O)CCCCCCC/C=C\C/C=C\C/C=C\CC. The minimum atomic E-state index is -1.39. The van der Waals surface area contributed by atoms with Crippen LogP contribution < -0.4 is 10.6 Å². The van der Waals surface area contributed by atoms with Gasteiger partial charge in [0, 0.05) is 12.8 Å². The molecule has 0 rings (SSSR count). The third-order valence-corrected chi connectivity index (χ3v) is 9.39. The van der Waals surface area contributed by atoms with E-state index in [9.17, 15) is 19.2 Å². The van der Waals surface area contributed by atoms with Crippen molar-refractivity contribution in [2.45, 2.75) is 187 Å². The Morgan fingerprint density at radius 2 is 0.931 bits per heavy atom. The maximum atomic E-state index is 12.8. The highest BCUT2D eigenvalue weighted by atomic mass is 16.5. The third kappa shape index (κ3) is 38.9. The van der Waals surface area contributed by atoms with Gasteiger partial charge in [0.2, 0.25) is 11.8 Å². The molecule has 328 valence electrons. The molecule has 0 aliphatic rings. The van der Waals surface area contributed by atoms with Gasteiger partial charge >= 0.3 is 11.9 Å². The number of nitrogens with one attached hydrogen (secondary N) is 2. The van der Waals surface area contributed by atoms with Gasteiger partial charge in [0.15, 0.2) is 0 Å². The molecular weight excluding hydrogens is 729 g/mol. The standard InChI is InChI=1S/C49H80N2O7/c1-3-5-7-9-11-13-15-17-19-21-23-25-27-30-34-38-44(39-35-31-29-32-36-40-46(53)50-42-47(54)51-45(43-52)49(56)57)58-48(55)41-37-33-28-26-24-22-20-18-16-14-12-10-8-6-4-2/h5-8,11-14,17-20,23,25,44-45,52H,3-4,9-10,15-16,21-22,24,26-43H2,1-2H3,(H,50,53)(H,51,54)(H,56,57)/b7-5-,8-6-,13-11-,14-12-,19-17-,20-18-,25-23-. The summed E-state index contributed by atoms with van der Waals surface area (Å²) in [6.07, 6.45) is 54.6. The van der Waals surface area contributed by atoms with E-state index in [0.717, 1.165) is 128 Å². The summed E-state index contributed by atoms with van der Waals surface area (Å²) in [6, 6.07) is -1.39. The van der Waals surface area contributed by atoms with Crippen LogP contribution in [0.2, 0.25) is 0 Å². The van der Waals surface area contributed by atoms with E-state index in [4.69, 9.17) is 14.9 Å². The molecule has 2 amide bonds. The molecule has 0 fully saturated rings. The summed E-state index contributed by atoms with van der Waals surface area (Å²) < 4.78 is 6.01. The van der Waals surface area contributed by atoms with E-state index in [0.29, 0.717) is 12.8 Å². The number of rotatable bonds is 39. The van der Waals surface area contributed by atoms with Crippen LogP contribution >= 0.6 is 0 Å². The molecule has 2 unspecified atom stereocenters. The number of amides is 2. The van der Waals surface area contributed by atoms with Crippen molar-refractivity contribution in [1.82, 2.24) is 10.6 Å². The molecule has 0 heterocycles. The summed E-state index contributed by atoms with van der Waals surface area (Å²) in [5.74, 6) is -2.36. The molecule has 0 radical (unpaired) electrons. The summed E-state index contributed by atoms with van der Waals surface area (Å²) in [6.45, 7) is 3.24. The Bertz CT molecular complexity index is 1250. The molecule has 0 aromatic heterocycles. The topological polar surface area (TPSA) is 142 Å². The predicted molar refractivity (Wildman–Crippen MR) is 240 cm³/mol. The van der Waals surface area contributed by atoms with Crippen LogP contribution in [0.25, 0.3) is 0 Å². The minimum absolute atomic E-state index is 0.0668. The Kier molecular flexibility index (Phi) is 39.7. The molecule has 2 atom stereocenters. The van der Waals surface area contributed by atoms with Gasteiger partial charge in [-0.1, -0.05) is 137 Å². The number of hydrogen-bond donors (Lipinski definition) is 4. The third-order valence-electron chi connectivity index (χ3n) is 9.39. The molecule has 9 heteroatoms. The number of carboxylic acid groups (broad SMARTS) is 1. The zero-order valence-corrected chi connectivity index (χ0v) is 36.3. The average Bonchev–Trinajstić information content (AvgIpc) is 3.21. The molecule has 4 N–H and O–H groups in total. The summed E-state index contributed by atoms with van der Waals surface area (Å²) in [5, 5.41) is 22.6. The van der Waals surface area contributed by atoms with Crippen molar-refractivity contribution in [3.63, 3.8) is 0 Å². The van der Waals surface area contributed by atoms with Gasteiger partial charge in [-0.2, -0.15) is 0 Å². The molecule has 0 spiro atoms. The molecule has 0 saturated carbocycles. The summed E-state index contributed by atoms with van der Waals surface area (Å²) >= 11 is 0. The molecule has 58 heavy (non-hydrogen) atoms. The van der Waals surface area contributed by atoms with Gasteiger partial charge in [-0.25, -0.2) is 4.79 Å². The second kappa shape index (κ2) is 42.6. The highest BCUT2D eigenvalue weighted by molar-refractivity contribution is 5.87. The van der Waals surface area contributed by atoms with Gasteiger partial charge in [0.1, 0.15) is 12.1 Å². The van der Waals surface area contributed by atoms with Gasteiger partial charge in [-0.15, -0.1) is 0 Å². The molecule has 0 saturated heterocycles. The number of carbonyl (C=O) groups is 4. The molecule has 0 aliphatic heterocycles. The Morgan fingerprint density at radius 3 is 1.43 bits per heavy atom. The smallest absolute Gasteiger partial charge is 0.328 e. The Hall–Kier alpha value is -3.98. The first-order valence-corrected chi connectivity index (χ1v) is 22.5. The number of carbonyl (C=O) groups excluding carboxylic acids is 3. The monoisotopic (exact) mass is 809 g/mol. The fourth-order valence-corrected chi connectivity index (χ4v) is 6.01. The molecule has 9 nitrogen and oxygen atoms in total. The number of unbranched alkanes of at least 4 members (excludes halogenated alkanes) is 11. The van der Waals surface area contributed by atoms with Crippen LogP contribution in [0.15, 0.2) is 85.1 Å². The second-order valence-corrected chi connectivity index (χ2v) is 14.7. The zero-order chi connectivity index (χ0) is 42.6. The lowest BCUT2D eigenvalue weighted by Crippen LogP contribution is -2.47. The number of carboxylic acids is 1. The average molecular weight is 809 g/mol. The van der Waals surface area contributed by atoms with E-state index < -0.39 is 24.5 Å². The predicted octanol–water partition coefficient (Wildman–Crippen LogP) is 11.3. The lowest BCUT2D eigenvalue weighted by atomic mass is 10.0. The lowest BCUT2D eigenvalue weighted by Gasteiger charge is -2.18. The van der Waals surface area contributed by atoms with Gasteiger partial charge in [-0.05, 0) is 109 Å². The van der Waals surface area contributed by atoms with Crippen molar-refractivity contribution in [1.29, 1.82) is 0 Å². The molecule has 0 aromatic rings. The number of aliphatic hydroxyl groups excluding tert-OH is 1. The van der Waals surface area contributed by atoms with Crippen molar-refractivity contribution in [3.05, 3.63) is 85.1 Å². The molecule has 0 aliphatic carbocycles. The van der Waals surface area contributed by atoms with Crippen LogP contribution in [0, 0.1) is 0 Å². The quantitative estimate of drug-likeness (QED) is 0.0275. The van der Waals surface area contributed by atoms with E-state index in [-0.39, 0.29) is 30.9 Å². The van der Waals surface area contributed by atoms with Crippen LogP contribution in [0.5, 0.6) is 0 Å². The summed E-state index contributed by atoms with van der Waals surface area (Å²) in [4.78, 5) is 47.7. The van der Waals surface area contributed by atoms with Crippen molar-refractivity contribution in [3.8, 4) is 0 Å². The highest BCUT2D eigenvalue weighted by Gasteiger charge is 2.19. The highest BCUT2D eigenvalue weighted by Crippen LogP contribution is 2.18. The fraction of sp³-hybridized carbons (Fsp3) is 0.633. The van der Waals surface area contributed by atoms with E-state index in [1.165, 1.54) is 12.8 Å². The maximum Gasteiger partial charge on any atom is 0.328 e.